The molecule has 0 aliphatic carbocycles. The van der Waals surface area contributed by atoms with E-state index in [-0.39, 0.29) is 0 Å². The van der Waals surface area contributed by atoms with Gasteiger partial charge in [-0.2, -0.15) is 5.10 Å². The quantitative estimate of drug-likeness (QED) is 0.607. The van der Waals surface area contributed by atoms with Crippen molar-refractivity contribution in [3.63, 3.8) is 0 Å². The van der Waals surface area contributed by atoms with Crippen LogP contribution in [0.2, 0.25) is 0 Å². The first-order valence-corrected chi connectivity index (χ1v) is 5.31. The van der Waals surface area contributed by atoms with E-state index in [2.05, 4.69) is 22.7 Å². The molecule has 2 heteroatoms. The van der Waals surface area contributed by atoms with Gasteiger partial charge in [0.2, 0.25) is 0 Å². The number of nitrogens with one attached hydrogen (secondary N) is 1. The van der Waals surface area contributed by atoms with Gasteiger partial charge in [-0.3, -0.25) is 5.43 Å². The zero-order valence-corrected chi connectivity index (χ0v) is 9.01. The second-order valence-electron chi connectivity index (χ2n) is 3.48. The molecule has 0 aromatic heterocycles. The molecule has 0 amide bonds. The maximum absolute atomic E-state index is 4.16. The fourth-order valence-corrected chi connectivity index (χ4v) is 1.40. The van der Waals surface area contributed by atoms with E-state index >= 15 is 0 Å². The highest BCUT2D eigenvalue weighted by molar-refractivity contribution is 5.63. The Morgan fingerprint density at radius 2 is 1.50 bits per heavy atom. The molecular formula is C14H14N2. The lowest BCUT2D eigenvalue weighted by Crippen LogP contribution is -1.91. The molecule has 1 N–H and O–H groups in total. The largest absolute Gasteiger partial charge is 0.279 e. The van der Waals surface area contributed by atoms with Gasteiger partial charge >= 0.3 is 0 Å². The van der Waals surface area contributed by atoms with E-state index in [0.29, 0.717) is 0 Å². The minimum Gasteiger partial charge on any atom is -0.279 e. The number of benzene rings is 2. The monoisotopic (exact) mass is 210 g/mol. The summed E-state index contributed by atoms with van der Waals surface area (Å²) in [4.78, 5) is 0. The van der Waals surface area contributed by atoms with Crippen molar-refractivity contribution >= 4 is 11.9 Å². The fourth-order valence-electron chi connectivity index (χ4n) is 1.40. The van der Waals surface area contributed by atoms with E-state index in [1.807, 2.05) is 54.7 Å². The Kier molecular flexibility index (Phi) is 3.72. The van der Waals surface area contributed by atoms with E-state index in [9.17, 15) is 0 Å². The average Bonchev–Trinajstić information content (AvgIpc) is 2.37. The van der Waals surface area contributed by atoms with Gasteiger partial charge in [0.05, 0.1) is 5.69 Å². The van der Waals surface area contributed by atoms with Crippen molar-refractivity contribution in [2.24, 2.45) is 5.10 Å². The van der Waals surface area contributed by atoms with Gasteiger partial charge in [-0.05, 0) is 17.7 Å². The van der Waals surface area contributed by atoms with Gasteiger partial charge in [0, 0.05) is 12.6 Å². The van der Waals surface area contributed by atoms with Crippen molar-refractivity contribution in [1.82, 2.24) is 0 Å². The van der Waals surface area contributed by atoms with Crippen molar-refractivity contribution in [2.45, 2.75) is 6.42 Å². The van der Waals surface area contributed by atoms with Crippen LogP contribution in [0.15, 0.2) is 65.8 Å². The Balaban J connectivity index is 1.83. The Bertz CT molecular complexity index is 391. The lowest BCUT2D eigenvalue weighted by Gasteiger charge is -1.98. The first-order valence-electron chi connectivity index (χ1n) is 5.31. The first kappa shape index (κ1) is 10.4. The van der Waals surface area contributed by atoms with Gasteiger partial charge in [0.15, 0.2) is 0 Å². The molecule has 0 bridgehead atoms. The molecule has 0 atom stereocenters. The Morgan fingerprint density at radius 1 is 0.875 bits per heavy atom. The Labute approximate surface area is 95.6 Å². The zero-order valence-electron chi connectivity index (χ0n) is 9.01. The third-order valence-electron chi connectivity index (χ3n) is 2.23. The Hall–Kier alpha value is -2.09. The number of rotatable bonds is 4. The molecule has 2 aromatic carbocycles. The molecule has 0 unspecified atom stereocenters. The molecule has 2 nitrogen and oxygen atoms in total. The van der Waals surface area contributed by atoms with E-state index < -0.39 is 0 Å². The summed E-state index contributed by atoms with van der Waals surface area (Å²) in [6, 6.07) is 20.2. The van der Waals surface area contributed by atoms with Crippen LogP contribution in [0.25, 0.3) is 0 Å². The van der Waals surface area contributed by atoms with Crippen LogP contribution in [0.3, 0.4) is 0 Å². The van der Waals surface area contributed by atoms with Gasteiger partial charge in [-0.1, -0.05) is 48.5 Å². The average molecular weight is 210 g/mol. The van der Waals surface area contributed by atoms with Crippen LogP contribution < -0.4 is 5.43 Å². The van der Waals surface area contributed by atoms with Gasteiger partial charge < -0.3 is 0 Å². The number of hydrogen-bond acceptors (Lipinski definition) is 2. The summed E-state index contributed by atoms with van der Waals surface area (Å²) < 4.78 is 0. The van der Waals surface area contributed by atoms with Crippen molar-refractivity contribution in [2.75, 3.05) is 5.43 Å². The molecule has 0 saturated carbocycles. The number of hydrazone groups is 1. The molecule has 0 heterocycles. The van der Waals surface area contributed by atoms with Crippen LogP contribution in [0.4, 0.5) is 5.69 Å². The predicted octanol–water partition coefficient (Wildman–Crippen LogP) is 3.33. The Morgan fingerprint density at radius 3 is 2.19 bits per heavy atom. The summed E-state index contributed by atoms with van der Waals surface area (Å²) in [5.41, 5.74) is 5.26. The predicted molar refractivity (Wildman–Crippen MR) is 68.7 cm³/mol. The molecule has 80 valence electrons. The summed E-state index contributed by atoms with van der Waals surface area (Å²) in [6.07, 6.45) is 2.73. The van der Waals surface area contributed by atoms with E-state index in [1.165, 1.54) is 5.56 Å². The molecule has 0 saturated heterocycles. The van der Waals surface area contributed by atoms with Crippen LogP contribution in [-0.2, 0) is 6.42 Å². The molecule has 0 aliphatic rings. The summed E-state index contributed by atoms with van der Waals surface area (Å²) in [5.74, 6) is 0. The smallest absolute Gasteiger partial charge is 0.0561 e. The highest BCUT2D eigenvalue weighted by atomic mass is 15.3. The number of anilines is 1. The highest BCUT2D eigenvalue weighted by Gasteiger charge is 1.87. The fraction of sp³-hybridized carbons (Fsp3) is 0.0714. The molecule has 0 fully saturated rings. The highest BCUT2D eigenvalue weighted by Crippen LogP contribution is 2.04. The maximum Gasteiger partial charge on any atom is 0.0561 e. The third kappa shape index (κ3) is 3.24. The number of nitrogens with zero attached hydrogens (tertiary/aromatic N) is 1. The standard InChI is InChI=1S/C14H14N2/c1-3-7-13(8-4-1)11-12-15-16-14-9-5-2-6-10-14/h1-10,12,16H,11H2/b15-12+. The maximum atomic E-state index is 4.16. The topological polar surface area (TPSA) is 24.4 Å². The SMILES string of the molecule is C(/Cc1ccccc1)=N\Nc1ccccc1. The normalized spacial score (nSPS) is 10.5. The second kappa shape index (κ2) is 5.71. The van der Waals surface area contributed by atoms with Crippen LogP contribution in [-0.4, -0.2) is 6.21 Å². The molecule has 0 spiro atoms. The summed E-state index contributed by atoms with van der Waals surface area (Å²) >= 11 is 0. The molecular weight excluding hydrogens is 196 g/mol. The van der Waals surface area contributed by atoms with Crippen LogP contribution >= 0.6 is 0 Å². The summed E-state index contributed by atoms with van der Waals surface area (Å²) in [6.45, 7) is 0. The number of para-hydroxylation sites is 1. The number of hydrogen-bond donors (Lipinski definition) is 1. The summed E-state index contributed by atoms with van der Waals surface area (Å²) in [5, 5.41) is 4.16. The second-order valence-corrected chi connectivity index (χ2v) is 3.48. The van der Waals surface area contributed by atoms with E-state index in [4.69, 9.17) is 0 Å². The van der Waals surface area contributed by atoms with E-state index in [1.54, 1.807) is 0 Å². The van der Waals surface area contributed by atoms with Crippen molar-refractivity contribution in [3.05, 3.63) is 66.2 Å². The van der Waals surface area contributed by atoms with Crippen LogP contribution in [0.5, 0.6) is 0 Å². The molecule has 16 heavy (non-hydrogen) atoms. The first-order chi connectivity index (χ1) is 7.95. The molecule has 2 aromatic rings. The van der Waals surface area contributed by atoms with Crippen molar-refractivity contribution < 1.29 is 0 Å². The van der Waals surface area contributed by atoms with Gasteiger partial charge in [0.1, 0.15) is 0 Å². The van der Waals surface area contributed by atoms with Gasteiger partial charge in [-0.25, -0.2) is 0 Å². The third-order valence-corrected chi connectivity index (χ3v) is 2.23. The van der Waals surface area contributed by atoms with E-state index in [0.717, 1.165) is 12.1 Å². The van der Waals surface area contributed by atoms with Crippen molar-refractivity contribution in [1.29, 1.82) is 0 Å². The van der Waals surface area contributed by atoms with Crippen LogP contribution in [0, 0.1) is 0 Å². The zero-order chi connectivity index (χ0) is 11.1. The molecule has 0 aliphatic heterocycles. The van der Waals surface area contributed by atoms with Crippen molar-refractivity contribution in [3.8, 4) is 0 Å². The lowest BCUT2D eigenvalue weighted by molar-refractivity contribution is 1.29. The molecule has 2 rings (SSSR count). The molecule has 0 radical (unpaired) electrons. The van der Waals surface area contributed by atoms with Gasteiger partial charge in [0.25, 0.3) is 0 Å². The van der Waals surface area contributed by atoms with Gasteiger partial charge in [-0.15, -0.1) is 0 Å². The van der Waals surface area contributed by atoms with Crippen LogP contribution in [0.1, 0.15) is 5.56 Å². The summed E-state index contributed by atoms with van der Waals surface area (Å²) in [7, 11) is 0. The lowest BCUT2D eigenvalue weighted by atomic mass is 10.2. The minimum absolute atomic E-state index is 0.848. The minimum atomic E-state index is 0.848.